The van der Waals surface area contributed by atoms with Gasteiger partial charge in [0, 0.05) is 88.5 Å². The van der Waals surface area contributed by atoms with Crippen LogP contribution in [0.25, 0.3) is 22.1 Å². The van der Waals surface area contributed by atoms with Gasteiger partial charge in [0.15, 0.2) is 0 Å². The van der Waals surface area contributed by atoms with Gasteiger partial charge in [0.25, 0.3) is 0 Å². The Hall–Kier alpha value is -6.84. The molecule has 7 N–H and O–H groups in total. The van der Waals surface area contributed by atoms with Crippen LogP contribution in [-0.4, -0.2) is 84.6 Å². The predicted octanol–water partition coefficient (Wildman–Crippen LogP) is 6.30. The first-order valence-electron chi connectivity index (χ1n) is 21.6. The minimum atomic E-state index is -0.727. The predicted molar refractivity (Wildman–Crippen MR) is 237 cm³/mol. The van der Waals surface area contributed by atoms with Gasteiger partial charge in [-0.1, -0.05) is 12.1 Å². The number of primary amides is 1. The molecule has 0 atom stereocenters. The summed E-state index contributed by atoms with van der Waals surface area (Å²) in [6, 6.07) is 16.1. The number of nitrogens with two attached hydrogens (primary N) is 1. The molecule has 2 saturated heterocycles. The Balaban J connectivity index is 0.000000158. The molecular weight excluding hydrogens is 787 g/mol. The van der Waals surface area contributed by atoms with E-state index in [1.165, 1.54) is 11.1 Å². The molecule has 16 nitrogen and oxygen atoms in total. The van der Waals surface area contributed by atoms with Crippen molar-refractivity contribution in [2.45, 2.75) is 77.0 Å². The highest BCUT2D eigenvalue weighted by atomic mass is 16.4. The fourth-order valence-corrected chi connectivity index (χ4v) is 9.30. The van der Waals surface area contributed by atoms with Gasteiger partial charge in [0.1, 0.15) is 34.5 Å². The number of carbonyl (C=O) groups is 4. The van der Waals surface area contributed by atoms with E-state index in [1.54, 1.807) is 0 Å². The summed E-state index contributed by atoms with van der Waals surface area (Å²) in [5.41, 5.74) is 13.4. The fraction of sp³-hybridized carbons (Fsp3) is 0.391. The molecule has 0 spiro atoms. The van der Waals surface area contributed by atoms with Gasteiger partial charge in [-0.15, -0.1) is 0 Å². The Morgan fingerprint density at radius 2 is 1.08 bits per heavy atom. The van der Waals surface area contributed by atoms with Crippen molar-refractivity contribution in [1.29, 1.82) is 0 Å². The average Bonchev–Trinajstić information content (AvgIpc) is 3.94. The van der Waals surface area contributed by atoms with E-state index in [-0.39, 0.29) is 18.2 Å². The summed E-state index contributed by atoms with van der Waals surface area (Å²) in [6.45, 7) is 3.23. The quantitative estimate of drug-likeness (QED) is 0.0891. The number of aromatic nitrogens is 6. The summed E-state index contributed by atoms with van der Waals surface area (Å²) >= 11 is 0. The van der Waals surface area contributed by atoms with E-state index < -0.39 is 5.97 Å². The first-order valence-corrected chi connectivity index (χ1v) is 21.6. The van der Waals surface area contributed by atoms with Crippen LogP contribution < -0.4 is 26.2 Å². The first kappa shape index (κ1) is 40.6. The highest BCUT2D eigenvalue weighted by Crippen LogP contribution is 2.33. The number of aryl methyl sites for hydroxylation is 2. The summed E-state index contributed by atoms with van der Waals surface area (Å²) in [6.07, 6.45) is 11.8. The maximum absolute atomic E-state index is 11.7. The van der Waals surface area contributed by atoms with Crippen molar-refractivity contribution in [1.82, 2.24) is 29.9 Å². The largest absolute Gasteiger partial charge is 0.481 e. The van der Waals surface area contributed by atoms with Crippen molar-refractivity contribution in [3.8, 4) is 0 Å². The highest BCUT2D eigenvalue weighted by Gasteiger charge is 2.26. The van der Waals surface area contributed by atoms with Gasteiger partial charge in [-0.25, -0.2) is 0 Å². The summed E-state index contributed by atoms with van der Waals surface area (Å²) < 4.78 is 0. The minimum Gasteiger partial charge on any atom is -0.481 e. The maximum Gasteiger partial charge on any atom is 0.303 e. The van der Waals surface area contributed by atoms with Crippen molar-refractivity contribution in [3.05, 3.63) is 83.2 Å². The van der Waals surface area contributed by atoms with Gasteiger partial charge in [-0.3, -0.25) is 19.2 Å². The van der Waals surface area contributed by atoms with E-state index >= 15 is 0 Å². The van der Waals surface area contributed by atoms with Crippen molar-refractivity contribution in [2.24, 2.45) is 17.6 Å². The van der Waals surface area contributed by atoms with Crippen molar-refractivity contribution < 1.29 is 24.3 Å². The van der Waals surface area contributed by atoms with E-state index in [4.69, 9.17) is 20.8 Å². The van der Waals surface area contributed by atoms with E-state index in [2.05, 4.69) is 52.5 Å². The van der Waals surface area contributed by atoms with Gasteiger partial charge >= 0.3 is 5.97 Å². The summed E-state index contributed by atoms with van der Waals surface area (Å²) in [7, 11) is 0. The van der Waals surface area contributed by atoms with E-state index in [9.17, 15) is 19.2 Å². The molecule has 0 radical (unpaired) electrons. The number of H-pyrrole nitrogens is 2. The number of hydrogen-bond donors (Lipinski definition) is 6. The van der Waals surface area contributed by atoms with Crippen LogP contribution in [0.5, 0.6) is 0 Å². The molecule has 4 aliphatic rings. The monoisotopic (exact) mass is 837 g/mol. The highest BCUT2D eigenvalue weighted by molar-refractivity contribution is 5.90. The van der Waals surface area contributed by atoms with Crippen LogP contribution in [0.4, 0.5) is 34.9 Å². The number of aliphatic carboxylic acids is 1. The number of carboxylic acids is 1. The number of fused-ring (bicyclic) bond motifs is 4. The van der Waals surface area contributed by atoms with E-state index in [0.717, 1.165) is 121 Å². The topological polar surface area (TPSA) is 228 Å². The van der Waals surface area contributed by atoms with Crippen LogP contribution in [0.1, 0.15) is 73.6 Å². The lowest BCUT2D eigenvalue weighted by Gasteiger charge is -2.32. The molecular formula is C46H51N11O5. The van der Waals surface area contributed by atoms with Gasteiger partial charge in [-0.2, -0.15) is 19.9 Å². The number of carbonyl (C=O) groups excluding carboxylic acids is 3. The summed E-state index contributed by atoms with van der Waals surface area (Å²) in [4.78, 5) is 75.4. The first-order chi connectivity index (χ1) is 30.1. The van der Waals surface area contributed by atoms with Crippen molar-refractivity contribution in [3.63, 3.8) is 0 Å². The van der Waals surface area contributed by atoms with Gasteiger partial charge in [-0.05, 0) is 109 Å². The van der Waals surface area contributed by atoms with E-state index in [1.807, 2.05) is 48.8 Å². The molecule has 0 bridgehead atoms. The molecule has 10 rings (SSSR count). The Kier molecular flexibility index (Phi) is 11.5. The maximum atomic E-state index is 11.7. The fourth-order valence-electron chi connectivity index (χ4n) is 9.30. The molecule has 16 heteroatoms. The minimum absolute atomic E-state index is 0.220. The van der Waals surface area contributed by atoms with Crippen LogP contribution in [0, 0.1) is 11.8 Å². The van der Waals surface area contributed by atoms with Crippen molar-refractivity contribution >= 4 is 80.4 Å². The number of aromatic amines is 2. The normalized spacial score (nSPS) is 17.0. The molecule has 62 heavy (non-hydrogen) atoms. The lowest BCUT2D eigenvalue weighted by molar-refractivity contribution is -0.138. The Bertz CT molecular complexity index is 2480. The average molecular weight is 838 g/mol. The number of benzene rings is 2. The number of piperidine rings is 2. The molecule has 320 valence electrons. The number of Topliss-reactive ketones (excluding diaryl/α,β-unsaturated/α-hetero) is 2. The second-order valence-corrected chi connectivity index (χ2v) is 17.0. The molecule has 4 aromatic heterocycles. The third-order valence-corrected chi connectivity index (χ3v) is 12.6. The van der Waals surface area contributed by atoms with E-state index in [0.29, 0.717) is 61.5 Å². The molecule has 2 aliphatic carbocycles. The number of ketones is 2. The zero-order valence-corrected chi connectivity index (χ0v) is 34.6. The Morgan fingerprint density at radius 3 is 1.52 bits per heavy atom. The van der Waals surface area contributed by atoms with Crippen LogP contribution in [0.2, 0.25) is 0 Å². The standard InChI is InChI=1S/C23H26N6O2.C23H25N5O3/c24-20(31)11-14-6-9-29(10-7-14)22-19-5-8-25-21(19)27-23(28-22)26-17-3-1-16-13-18(30)4-2-15(16)12-17;29-18-4-2-15-12-17(3-1-16(15)13-18)25-23-26-21-19(5-8-24-21)22(27-23)28-9-6-14(7-10-28)11-20(30)31/h1,3,5,8,12,14H,2,4,6-7,9-11,13H2,(H2,24,31)(H2,25,26,27,28);1,3,5,8,12,14H,2,4,6-7,9-11,13H2,(H,30,31)(H2,24,25,26,27). The second-order valence-electron chi connectivity index (χ2n) is 17.0. The summed E-state index contributed by atoms with van der Waals surface area (Å²) in [5.74, 6) is 3.03. The summed E-state index contributed by atoms with van der Waals surface area (Å²) in [5, 5.41) is 17.7. The van der Waals surface area contributed by atoms with Crippen LogP contribution in [0.3, 0.4) is 0 Å². The van der Waals surface area contributed by atoms with Gasteiger partial charge in [0.2, 0.25) is 17.8 Å². The zero-order valence-electron chi connectivity index (χ0n) is 34.6. The molecule has 2 aromatic carbocycles. The lowest BCUT2D eigenvalue weighted by atomic mass is 9.90. The zero-order chi connectivity index (χ0) is 42.7. The lowest BCUT2D eigenvalue weighted by Crippen LogP contribution is -2.35. The van der Waals surface area contributed by atoms with Gasteiger partial charge in [0.05, 0.1) is 10.8 Å². The molecule has 0 unspecified atom stereocenters. The number of amides is 1. The van der Waals surface area contributed by atoms with Crippen molar-refractivity contribution in [2.75, 3.05) is 46.6 Å². The number of hydrogen-bond acceptors (Lipinski definition) is 12. The number of nitrogens with zero attached hydrogens (tertiary/aromatic N) is 6. The second kappa shape index (κ2) is 17.6. The Labute approximate surface area is 358 Å². The van der Waals surface area contributed by atoms with Gasteiger partial charge < -0.3 is 41.2 Å². The molecule has 0 saturated carbocycles. The SMILES string of the molecule is NC(=O)CC1CCN(c2nc(Nc3ccc4c(c3)CCC(=O)C4)nc3[nH]ccc23)CC1.O=C(O)CC1CCN(c2nc(Nc3ccc4c(c3)CCC(=O)C4)nc3[nH]ccc23)CC1. The Morgan fingerprint density at radius 1 is 0.629 bits per heavy atom. The third-order valence-electron chi connectivity index (χ3n) is 12.6. The third kappa shape index (κ3) is 9.23. The number of carboxylic acid groups (broad SMARTS) is 1. The number of anilines is 6. The number of nitrogens with one attached hydrogen (secondary N) is 4. The molecule has 2 aliphatic heterocycles. The smallest absolute Gasteiger partial charge is 0.303 e. The molecule has 6 aromatic rings. The van der Waals surface area contributed by atoms with Crippen LogP contribution in [-0.2, 0) is 44.9 Å². The molecule has 6 heterocycles. The molecule has 2 fully saturated rings. The van der Waals surface area contributed by atoms with Crippen LogP contribution in [0.15, 0.2) is 60.9 Å². The van der Waals surface area contributed by atoms with Crippen LogP contribution >= 0.6 is 0 Å². The number of rotatable bonds is 10. The molecule has 1 amide bonds.